The number of carbonyl (C=O) groups is 5. The fraction of sp³-hybridized carbons (Fsp3) is 0.761. The molecule has 2 fully saturated rings. The summed E-state index contributed by atoms with van der Waals surface area (Å²) in [5, 5.41) is 1.43. The normalized spacial score (nSPS) is 20.4. The largest absolute Gasteiger partial charge is 0.379 e. The topological polar surface area (TPSA) is 126 Å². The molecule has 0 aromatic heterocycles. The van der Waals surface area contributed by atoms with Crippen molar-refractivity contribution in [3.8, 4) is 0 Å². The molecule has 0 bridgehead atoms. The summed E-state index contributed by atoms with van der Waals surface area (Å²) in [5.74, 6) is -2.11. The van der Waals surface area contributed by atoms with Crippen LogP contribution in [0.1, 0.15) is 105 Å². The highest BCUT2D eigenvalue weighted by Crippen LogP contribution is 2.32. The lowest BCUT2D eigenvalue weighted by molar-refractivity contribution is -0.201. The maximum atomic E-state index is 14.4. The van der Waals surface area contributed by atoms with Gasteiger partial charge >= 0.3 is 0 Å². The van der Waals surface area contributed by atoms with Crippen LogP contribution in [0.15, 0.2) is 30.3 Å². The summed E-state index contributed by atoms with van der Waals surface area (Å²) in [6.07, 6.45) is 3.41. The predicted octanol–water partition coefficient (Wildman–Crippen LogP) is 6.10. The van der Waals surface area contributed by atoms with E-state index in [2.05, 4.69) is 13.8 Å². The molecule has 9 atom stereocenters. The van der Waals surface area contributed by atoms with Gasteiger partial charge in [0.1, 0.15) is 5.78 Å². The highest BCUT2D eigenvalue weighted by molar-refractivity contribution is 5.90. The van der Waals surface area contributed by atoms with Crippen LogP contribution in [0, 0.1) is 35.5 Å². The van der Waals surface area contributed by atoms with Gasteiger partial charge in [-0.2, -0.15) is 0 Å². The van der Waals surface area contributed by atoms with Crippen LogP contribution in [-0.2, 0) is 44.7 Å². The first-order valence-corrected chi connectivity index (χ1v) is 21.8. The number of hydroxylamine groups is 2. The van der Waals surface area contributed by atoms with Gasteiger partial charge in [-0.1, -0.05) is 85.2 Å². The van der Waals surface area contributed by atoms with Gasteiger partial charge in [0, 0.05) is 59.0 Å². The third-order valence-electron chi connectivity index (χ3n) is 12.8. The number of hydrogen-bond acceptors (Lipinski definition) is 9. The molecule has 0 unspecified atom stereocenters. The number of likely N-dealkylation sites (N-methyl/N-ethyl adjacent to an activating group) is 2. The Morgan fingerprint density at radius 3 is 2.03 bits per heavy atom. The lowest BCUT2D eigenvalue weighted by Gasteiger charge is -2.41. The number of Topliss-reactive ketones (excluding diaryl/α,β-unsaturated/α-hetero) is 2. The zero-order chi connectivity index (χ0) is 43.3. The van der Waals surface area contributed by atoms with Crippen molar-refractivity contribution >= 4 is 29.3 Å². The molecular formula is C46H76N4O8. The van der Waals surface area contributed by atoms with Gasteiger partial charge in [-0.05, 0) is 69.5 Å². The number of benzene rings is 1. The number of likely N-dealkylation sites (tertiary alicyclic amines) is 1. The van der Waals surface area contributed by atoms with Crippen LogP contribution in [-0.4, -0.2) is 134 Å². The van der Waals surface area contributed by atoms with Crippen LogP contribution in [0.3, 0.4) is 0 Å². The molecule has 0 saturated carbocycles. The molecule has 2 heterocycles. The average molecular weight is 813 g/mol. The van der Waals surface area contributed by atoms with Crippen molar-refractivity contribution in [2.24, 2.45) is 35.5 Å². The fourth-order valence-corrected chi connectivity index (χ4v) is 9.35. The Morgan fingerprint density at radius 2 is 1.50 bits per heavy atom. The van der Waals surface area contributed by atoms with Gasteiger partial charge in [-0.25, -0.2) is 5.06 Å². The summed E-state index contributed by atoms with van der Waals surface area (Å²) in [7, 11) is 8.74. The smallest absolute Gasteiger partial charge is 0.250 e. The third-order valence-corrected chi connectivity index (χ3v) is 12.8. The summed E-state index contributed by atoms with van der Waals surface area (Å²) in [4.78, 5) is 81.4. The van der Waals surface area contributed by atoms with Crippen molar-refractivity contribution in [3.63, 3.8) is 0 Å². The number of rotatable bonds is 23. The van der Waals surface area contributed by atoms with Gasteiger partial charge in [-0.15, -0.1) is 0 Å². The lowest BCUT2D eigenvalue weighted by atomic mass is 9.83. The standard InChI is InChI=1S/C46H76N4O8/c1-13-32(6)43(48(10)46(55)36(30(2)3)28-39(52)42(31(4)5)47(8)9)40(56-11)29-41(53)49-23-19-22-37(49)44(57-12)33(7)38(51)27-35(26-34-20-15-14-16-21-34)45(54)50-24-17-18-25-58-50/h14-16,20-21,30-33,35-37,40,42-44H,13,17-19,22-29H2,1-12H3/t32-,33-,35+,36-,37-,40+,42-,43-,44+/m0/s1. The molecule has 2 saturated heterocycles. The quantitative estimate of drug-likeness (QED) is 0.129. The van der Waals surface area contributed by atoms with Crippen LogP contribution < -0.4 is 0 Å². The Balaban J connectivity index is 1.80. The highest BCUT2D eigenvalue weighted by Gasteiger charge is 2.44. The van der Waals surface area contributed by atoms with Crippen molar-refractivity contribution in [3.05, 3.63) is 35.9 Å². The first-order chi connectivity index (χ1) is 27.5. The summed E-state index contributed by atoms with van der Waals surface area (Å²) in [6, 6.07) is 8.68. The minimum Gasteiger partial charge on any atom is -0.379 e. The van der Waals surface area contributed by atoms with E-state index < -0.39 is 36.0 Å². The molecule has 3 rings (SSSR count). The van der Waals surface area contributed by atoms with E-state index in [1.54, 1.807) is 26.2 Å². The summed E-state index contributed by atoms with van der Waals surface area (Å²) in [6.45, 7) is 15.5. The fourth-order valence-electron chi connectivity index (χ4n) is 9.35. The van der Waals surface area contributed by atoms with E-state index in [9.17, 15) is 24.0 Å². The average Bonchev–Trinajstić information content (AvgIpc) is 3.69. The second-order valence-electron chi connectivity index (χ2n) is 17.8. The Hall–Kier alpha value is -3.19. The minimum absolute atomic E-state index is 0.000947. The third kappa shape index (κ3) is 12.9. The summed E-state index contributed by atoms with van der Waals surface area (Å²) >= 11 is 0. The second-order valence-corrected chi connectivity index (χ2v) is 17.8. The Bertz CT molecular complexity index is 1460. The Labute approximate surface area is 349 Å². The van der Waals surface area contributed by atoms with Crippen LogP contribution in [0.4, 0.5) is 0 Å². The first kappa shape index (κ1) is 49.2. The van der Waals surface area contributed by atoms with Gasteiger partial charge in [-0.3, -0.25) is 33.7 Å². The monoisotopic (exact) mass is 813 g/mol. The van der Waals surface area contributed by atoms with E-state index in [-0.39, 0.29) is 78.4 Å². The van der Waals surface area contributed by atoms with E-state index >= 15 is 0 Å². The number of amides is 3. The van der Waals surface area contributed by atoms with Gasteiger partial charge < -0.3 is 19.3 Å². The molecule has 58 heavy (non-hydrogen) atoms. The van der Waals surface area contributed by atoms with Crippen LogP contribution >= 0.6 is 0 Å². The molecule has 12 heteroatoms. The van der Waals surface area contributed by atoms with E-state index in [4.69, 9.17) is 14.3 Å². The maximum Gasteiger partial charge on any atom is 0.250 e. The molecule has 12 nitrogen and oxygen atoms in total. The lowest BCUT2D eigenvalue weighted by Crippen LogP contribution is -2.54. The van der Waals surface area contributed by atoms with Gasteiger partial charge in [0.2, 0.25) is 17.7 Å². The SMILES string of the molecule is CC[C@H](C)[C@@H]([C@@H](CC(=O)N1CCC[C@H]1[C@H](OC)[C@@H](C)C(=O)C[C@@H](Cc1ccccc1)C(=O)N1CCCCO1)OC)N(C)C(=O)[C@@H](CC(=O)[C@H](C(C)C)N(C)C)C(C)C. The Kier molecular flexibility index (Phi) is 20.0. The molecule has 2 aliphatic heterocycles. The summed E-state index contributed by atoms with van der Waals surface area (Å²) in [5.41, 5.74) is 0.974. The van der Waals surface area contributed by atoms with Gasteiger partial charge in [0.05, 0.1) is 49.3 Å². The number of ether oxygens (including phenoxy) is 2. The zero-order valence-corrected chi connectivity index (χ0v) is 37.8. The molecular weight excluding hydrogens is 737 g/mol. The van der Waals surface area contributed by atoms with Crippen LogP contribution in [0.5, 0.6) is 0 Å². The molecule has 2 aliphatic rings. The summed E-state index contributed by atoms with van der Waals surface area (Å²) < 4.78 is 12.1. The second kappa shape index (κ2) is 23.6. The van der Waals surface area contributed by atoms with Crippen molar-refractivity contribution in [1.82, 2.24) is 19.8 Å². The van der Waals surface area contributed by atoms with Crippen molar-refractivity contribution < 1.29 is 38.3 Å². The van der Waals surface area contributed by atoms with Crippen molar-refractivity contribution in [1.29, 1.82) is 0 Å². The Morgan fingerprint density at radius 1 is 0.828 bits per heavy atom. The minimum atomic E-state index is -0.604. The molecule has 0 N–H and O–H groups in total. The molecule has 0 radical (unpaired) electrons. The van der Waals surface area contributed by atoms with Crippen LogP contribution in [0.2, 0.25) is 0 Å². The maximum absolute atomic E-state index is 14.4. The molecule has 1 aromatic carbocycles. The highest BCUT2D eigenvalue weighted by atomic mass is 16.7. The predicted molar refractivity (Wildman–Crippen MR) is 227 cm³/mol. The van der Waals surface area contributed by atoms with Crippen molar-refractivity contribution in [2.45, 2.75) is 137 Å². The number of hydrogen-bond donors (Lipinski definition) is 0. The number of carbonyl (C=O) groups excluding carboxylic acids is 5. The number of nitrogens with zero attached hydrogens (tertiary/aromatic N) is 4. The van der Waals surface area contributed by atoms with E-state index in [0.29, 0.717) is 32.5 Å². The van der Waals surface area contributed by atoms with Gasteiger partial charge in [0.15, 0.2) is 5.78 Å². The van der Waals surface area contributed by atoms with Gasteiger partial charge in [0.25, 0.3) is 0 Å². The zero-order valence-electron chi connectivity index (χ0n) is 37.8. The van der Waals surface area contributed by atoms with E-state index in [0.717, 1.165) is 31.2 Å². The molecule has 0 aliphatic carbocycles. The van der Waals surface area contributed by atoms with E-state index in [1.165, 1.54) is 5.06 Å². The molecule has 1 aromatic rings. The molecule has 3 amide bonds. The van der Waals surface area contributed by atoms with E-state index in [1.807, 2.05) is 88.8 Å². The molecule has 328 valence electrons. The number of methoxy groups -OCH3 is 2. The van der Waals surface area contributed by atoms with Crippen LogP contribution in [0.25, 0.3) is 0 Å². The molecule has 0 spiro atoms. The number of ketones is 2. The van der Waals surface area contributed by atoms with Crippen molar-refractivity contribution in [2.75, 3.05) is 55.1 Å². The first-order valence-electron chi connectivity index (χ1n) is 21.8.